The number of hydrogen-bond donors (Lipinski definition) is 0. The molecule has 1 aliphatic rings. The molecule has 0 unspecified atom stereocenters. The monoisotopic (exact) mass is 256 g/mol. The molecule has 0 spiro atoms. The van der Waals surface area contributed by atoms with Gasteiger partial charge in [-0.25, -0.2) is 0 Å². The fraction of sp³-hybridized carbons (Fsp3) is 0.500. The number of carbonyl (C=O) groups is 1. The van der Waals surface area contributed by atoms with Crippen LogP contribution in [0.4, 0.5) is 0 Å². The van der Waals surface area contributed by atoms with Crippen molar-refractivity contribution in [3.8, 4) is 0 Å². The van der Waals surface area contributed by atoms with Crippen molar-refractivity contribution in [2.24, 2.45) is 0 Å². The SMILES string of the molecule is Cc1ccccc1CCC(=O)/C1=C/CCCCCC1. The van der Waals surface area contributed by atoms with Crippen LogP contribution in [-0.2, 0) is 11.2 Å². The summed E-state index contributed by atoms with van der Waals surface area (Å²) in [6, 6.07) is 8.36. The van der Waals surface area contributed by atoms with Crippen LogP contribution in [-0.4, -0.2) is 5.78 Å². The van der Waals surface area contributed by atoms with E-state index in [1.165, 1.54) is 36.8 Å². The normalized spacial score (nSPS) is 19.1. The van der Waals surface area contributed by atoms with Gasteiger partial charge in [-0.15, -0.1) is 0 Å². The van der Waals surface area contributed by atoms with E-state index in [0.29, 0.717) is 12.2 Å². The first kappa shape index (κ1) is 14.0. The molecule has 1 aliphatic carbocycles. The van der Waals surface area contributed by atoms with E-state index in [1.54, 1.807) is 0 Å². The Hall–Kier alpha value is -1.37. The van der Waals surface area contributed by atoms with E-state index in [9.17, 15) is 4.79 Å². The van der Waals surface area contributed by atoms with Gasteiger partial charge in [0.25, 0.3) is 0 Å². The van der Waals surface area contributed by atoms with Crippen molar-refractivity contribution in [1.82, 2.24) is 0 Å². The Kier molecular flexibility index (Phi) is 5.38. The molecule has 0 amide bonds. The molecular formula is C18H24O. The molecule has 1 heteroatoms. The van der Waals surface area contributed by atoms with Crippen molar-refractivity contribution >= 4 is 5.78 Å². The van der Waals surface area contributed by atoms with Crippen molar-refractivity contribution in [2.45, 2.75) is 58.3 Å². The van der Waals surface area contributed by atoms with Crippen LogP contribution in [0.15, 0.2) is 35.9 Å². The zero-order valence-electron chi connectivity index (χ0n) is 12.0. The summed E-state index contributed by atoms with van der Waals surface area (Å²) in [6.07, 6.45) is 10.8. The van der Waals surface area contributed by atoms with E-state index in [1.807, 2.05) is 0 Å². The van der Waals surface area contributed by atoms with Crippen LogP contribution in [0.2, 0.25) is 0 Å². The maximum Gasteiger partial charge on any atom is 0.158 e. The molecule has 0 heterocycles. The highest BCUT2D eigenvalue weighted by atomic mass is 16.1. The first-order valence-corrected chi connectivity index (χ1v) is 7.54. The quantitative estimate of drug-likeness (QED) is 0.758. The molecular weight excluding hydrogens is 232 g/mol. The van der Waals surface area contributed by atoms with Crippen LogP contribution in [0.25, 0.3) is 0 Å². The van der Waals surface area contributed by atoms with Gasteiger partial charge in [-0.05, 0) is 55.7 Å². The number of allylic oxidation sites excluding steroid dienone is 2. The number of hydrogen-bond acceptors (Lipinski definition) is 1. The lowest BCUT2D eigenvalue weighted by Crippen LogP contribution is -2.06. The second kappa shape index (κ2) is 7.28. The van der Waals surface area contributed by atoms with Gasteiger partial charge in [-0.2, -0.15) is 0 Å². The number of ketones is 1. The lowest BCUT2D eigenvalue weighted by Gasteiger charge is -2.11. The van der Waals surface area contributed by atoms with Crippen LogP contribution in [0.5, 0.6) is 0 Å². The van der Waals surface area contributed by atoms with Gasteiger partial charge in [0.1, 0.15) is 0 Å². The molecule has 0 radical (unpaired) electrons. The molecule has 102 valence electrons. The van der Waals surface area contributed by atoms with E-state index < -0.39 is 0 Å². The largest absolute Gasteiger partial charge is 0.295 e. The molecule has 0 saturated heterocycles. The topological polar surface area (TPSA) is 17.1 Å². The third-order valence-electron chi connectivity index (χ3n) is 4.03. The fourth-order valence-electron chi connectivity index (χ4n) is 2.74. The molecule has 0 atom stereocenters. The van der Waals surface area contributed by atoms with E-state index in [-0.39, 0.29) is 0 Å². The first-order chi connectivity index (χ1) is 9.27. The molecule has 1 aromatic rings. The summed E-state index contributed by atoms with van der Waals surface area (Å²) in [6.45, 7) is 2.12. The Morgan fingerprint density at radius 3 is 2.74 bits per heavy atom. The van der Waals surface area contributed by atoms with Gasteiger partial charge in [-0.3, -0.25) is 4.79 Å². The molecule has 0 fully saturated rings. The van der Waals surface area contributed by atoms with Crippen molar-refractivity contribution in [2.75, 3.05) is 0 Å². The Labute approximate surface area is 116 Å². The first-order valence-electron chi connectivity index (χ1n) is 7.54. The van der Waals surface area contributed by atoms with Crippen LogP contribution < -0.4 is 0 Å². The van der Waals surface area contributed by atoms with E-state index in [4.69, 9.17) is 0 Å². The number of carbonyl (C=O) groups excluding carboxylic acids is 1. The molecule has 1 aromatic carbocycles. The predicted octanol–water partition coefficient (Wildman–Crippen LogP) is 4.78. The molecule has 19 heavy (non-hydrogen) atoms. The van der Waals surface area contributed by atoms with Crippen molar-refractivity contribution < 1.29 is 4.79 Å². The van der Waals surface area contributed by atoms with Crippen LogP contribution in [0.1, 0.15) is 56.1 Å². The van der Waals surface area contributed by atoms with E-state index >= 15 is 0 Å². The van der Waals surface area contributed by atoms with Gasteiger partial charge in [0.2, 0.25) is 0 Å². The van der Waals surface area contributed by atoms with Gasteiger partial charge in [0.05, 0.1) is 0 Å². The van der Waals surface area contributed by atoms with Crippen molar-refractivity contribution in [3.63, 3.8) is 0 Å². The maximum absolute atomic E-state index is 12.3. The van der Waals surface area contributed by atoms with Gasteiger partial charge in [-0.1, -0.05) is 43.2 Å². The summed E-state index contributed by atoms with van der Waals surface area (Å²) in [5, 5.41) is 0. The molecule has 0 saturated carbocycles. The molecule has 0 aliphatic heterocycles. The zero-order valence-corrected chi connectivity index (χ0v) is 12.0. The minimum absolute atomic E-state index is 0.366. The summed E-state index contributed by atoms with van der Waals surface area (Å²) < 4.78 is 0. The van der Waals surface area contributed by atoms with Gasteiger partial charge < -0.3 is 0 Å². The van der Waals surface area contributed by atoms with Gasteiger partial charge >= 0.3 is 0 Å². The number of benzene rings is 1. The lowest BCUT2D eigenvalue weighted by molar-refractivity contribution is -0.115. The standard InChI is InChI=1S/C18H24O/c1-15-9-7-8-10-16(15)13-14-18(19)17-11-5-3-2-4-6-12-17/h7-11H,2-6,12-14H2,1H3/b17-11+. The summed E-state index contributed by atoms with van der Waals surface area (Å²) >= 11 is 0. The summed E-state index contributed by atoms with van der Waals surface area (Å²) in [5.74, 6) is 0.366. The summed E-state index contributed by atoms with van der Waals surface area (Å²) in [5.41, 5.74) is 3.69. The molecule has 2 rings (SSSR count). The average Bonchev–Trinajstić information content (AvgIpc) is 2.37. The lowest BCUT2D eigenvalue weighted by atomic mass is 9.94. The minimum atomic E-state index is 0.366. The Morgan fingerprint density at radius 2 is 1.89 bits per heavy atom. The third-order valence-corrected chi connectivity index (χ3v) is 4.03. The smallest absolute Gasteiger partial charge is 0.158 e. The molecule has 1 nitrogen and oxygen atoms in total. The second-order valence-electron chi connectivity index (χ2n) is 5.53. The summed E-state index contributed by atoms with van der Waals surface area (Å²) in [7, 11) is 0. The van der Waals surface area contributed by atoms with Crippen LogP contribution in [0, 0.1) is 6.92 Å². The third kappa shape index (κ3) is 4.34. The Bertz CT molecular complexity index is 457. The number of rotatable bonds is 4. The highest BCUT2D eigenvalue weighted by molar-refractivity contribution is 5.95. The fourth-order valence-corrected chi connectivity index (χ4v) is 2.74. The molecule has 0 aromatic heterocycles. The summed E-state index contributed by atoms with van der Waals surface area (Å²) in [4.78, 5) is 12.3. The highest BCUT2D eigenvalue weighted by Gasteiger charge is 2.11. The number of aryl methyl sites for hydroxylation is 2. The minimum Gasteiger partial charge on any atom is -0.295 e. The maximum atomic E-state index is 12.3. The predicted molar refractivity (Wildman–Crippen MR) is 80.3 cm³/mol. The van der Waals surface area contributed by atoms with Crippen LogP contribution >= 0.6 is 0 Å². The van der Waals surface area contributed by atoms with E-state index in [2.05, 4.69) is 37.3 Å². The molecule has 0 N–H and O–H groups in total. The second-order valence-corrected chi connectivity index (χ2v) is 5.53. The van der Waals surface area contributed by atoms with Crippen molar-refractivity contribution in [1.29, 1.82) is 0 Å². The van der Waals surface area contributed by atoms with Crippen LogP contribution in [0.3, 0.4) is 0 Å². The Balaban J connectivity index is 1.91. The highest BCUT2D eigenvalue weighted by Crippen LogP contribution is 2.20. The zero-order chi connectivity index (χ0) is 13.5. The van der Waals surface area contributed by atoms with Crippen molar-refractivity contribution in [3.05, 3.63) is 47.0 Å². The van der Waals surface area contributed by atoms with Gasteiger partial charge in [0, 0.05) is 6.42 Å². The average molecular weight is 256 g/mol. The number of Topliss-reactive ketones (excluding diaryl/α,β-unsaturated/α-hetero) is 1. The Morgan fingerprint density at radius 1 is 1.11 bits per heavy atom. The molecule has 0 bridgehead atoms. The van der Waals surface area contributed by atoms with E-state index in [0.717, 1.165) is 24.8 Å². The van der Waals surface area contributed by atoms with Gasteiger partial charge in [0.15, 0.2) is 5.78 Å².